The highest BCUT2D eigenvalue weighted by Crippen LogP contribution is 2.23. The summed E-state index contributed by atoms with van der Waals surface area (Å²) in [5.74, 6) is 1.66. The third-order valence-corrected chi connectivity index (χ3v) is 3.18. The van der Waals surface area contributed by atoms with Gasteiger partial charge in [-0.2, -0.15) is 0 Å². The van der Waals surface area contributed by atoms with E-state index in [1.165, 1.54) is 6.42 Å². The molecule has 1 aromatic carbocycles. The molecule has 0 aliphatic heterocycles. The first kappa shape index (κ1) is 13.5. The number of rotatable bonds is 6. The lowest BCUT2D eigenvalue weighted by molar-refractivity contribution is 0.297. The van der Waals surface area contributed by atoms with Gasteiger partial charge in [0.25, 0.3) is 0 Å². The van der Waals surface area contributed by atoms with Gasteiger partial charge in [0.05, 0.1) is 6.61 Å². The summed E-state index contributed by atoms with van der Waals surface area (Å²) in [5, 5.41) is 0. The Morgan fingerprint density at radius 1 is 1.38 bits per heavy atom. The normalized spacial score (nSPS) is 10.8. The maximum atomic E-state index is 5.67. The summed E-state index contributed by atoms with van der Waals surface area (Å²) in [6, 6.07) is 5.96. The van der Waals surface area contributed by atoms with Gasteiger partial charge in [-0.25, -0.2) is 0 Å². The number of nitrogens with two attached hydrogens (primary N) is 1. The van der Waals surface area contributed by atoms with Crippen molar-refractivity contribution in [3.63, 3.8) is 0 Å². The van der Waals surface area contributed by atoms with Gasteiger partial charge in [0.15, 0.2) is 0 Å². The summed E-state index contributed by atoms with van der Waals surface area (Å²) in [6.45, 7) is 5.79. The number of hydrogen-bond acceptors (Lipinski definition) is 2. The Morgan fingerprint density at radius 2 is 2.12 bits per heavy atom. The van der Waals surface area contributed by atoms with Crippen LogP contribution in [0.15, 0.2) is 22.7 Å². The van der Waals surface area contributed by atoms with Crippen molar-refractivity contribution in [3.05, 3.63) is 28.2 Å². The minimum absolute atomic E-state index is 0.550. The maximum Gasteiger partial charge on any atom is 0.120 e. The summed E-state index contributed by atoms with van der Waals surface area (Å²) >= 11 is 3.48. The molecule has 0 aliphatic rings. The van der Waals surface area contributed by atoms with E-state index in [2.05, 4.69) is 29.8 Å². The monoisotopic (exact) mass is 285 g/mol. The van der Waals surface area contributed by atoms with Crippen LogP contribution in [0.5, 0.6) is 5.75 Å². The fraction of sp³-hybridized carbons (Fsp3) is 0.538. The Kier molecular flexibility index (Phi) is 5.85. The number of halogens is 1. The van der Waals surface area contributed by atoms with E-state index in [1.807, 2.05) is 18.2 Å². The average molecular weight is 286 g/mol. The van der Waals surface area contributed by atoms with Crippen LogP contribution < -0.4 is 10.5 Å². The highest BCUT2D eigenvalue weighted by Gasteiger charge is 2.01. The van der Waals surface area contributed by atoms with Crippen LogP contribution >= 0.6 is 15.9 Å². The van der Waals surface area contributed by atoms with Crippen LogP contribution in [0.4, 0.5) is 0 Å². The van der Waals surface area contributed by atoms with Crippen LogP contribution in [-0.2, 0) is 6.54 Å². The molecular weight excluding hydrogens is 266 g/mol. The molecule has 0 fully saturated rings. The number of hydrogen-bond donors (Lipinski definition) is 1. The van der Waals surface area contributed by atoms with Crippen molar-refractivity contribution in [2.75, 3.05) is 6.61 Å². The van der Waals surface area contributed by atoms with E-state index in [-0.39, 0.29) is 0 Å². The molecule has 16 heavy (non-hydrogen) atoms. The molecule has 0 saturated heterocycles. The fourth-order valence-electron chi connectivity index (χ4n) is 1.46. The molecule has 0 spiro atoms. The highest BCUT2D eigenvalue weighted by molar-refractivity contribution is 9.10. The summed E-state index contributed by atoms with van der Waals surface area (Å²) in [7, 11) is 0. The first-order chi connectivity index (χ1) is 7.63. The molecule has 90 valence electrons. The second-order valence-corrected chi connectivity index (χ2v) is 5.20. The van der Waals surface area contributed by atoms with E-state index < -0.39 is 0 Å². The Hall–Kier alpha value is -0.540. The van der Waals surface area contributed by atoms with E-state index in [0.29, 0.717) is 6.54 Å². The van der Waals surface area contributed by atoms with E-state index in [9.17, 15) is 0 Å². The molecule has 1 rings (SSSR count). The van der Waals surface area contributed by atoms with Crippen molar-refractivity contribution < 1.29 is 4.74 Å². The first-order valence-electron chi connectivity index (χ1n) is 5.74. The quantitative estimate of drug-likeness (QED) is 0.809. The lowest BCUT2D eigenvalue weighted by atomic mass is 10.1. The average Bonchev–Trinajstić information content (AvgIpc) is 2.24. The van der Waals surface area contributed by atoms with E-state index in [1.54, 1.807) is 0 Å². The molecular formula is C13H20BrNO. The van der Waals surface area contributed by atoms with Gasteiger partial charge in [0.2, 0.25) is 0 Å². The summed E-state index contributed by atoms with van der Waals surface area (Å²) < 4.78 is 6.69. The van der Waals surface area contributed by atoms with Crippen molar-refractivity contribution in [1.82, 2.24) is 0 Å². The molecule has 1 aromatic rings. The lowest BCUT2D eigenvalue weighted by Gasteiger charge is -2.09. The first-order valence-corrected chi connectivity index (χ1v) is 6.54. The molecule has 0 aliphatic carbocycles. The van der Waals surface area contributed by atoms with Gasteiger partial charge in [-0.1, -0.05) is 35.8 Å². The SMILES string of the molecule is CC(C)CCCOc1ccc(CN)c(Br)c1. The van der Waals surface area contributed by atoms with E-state index in [4.69, 9.17) is 10.5 Å². The second-order valence-electron chi connectivity index (χ2n) is 4.34. The lowest BCUT2D eigenvalue weighted by Crippen LogP contribution is -2.01. The van der Waals surface area contributed by atoms with Gasteiger partial charge < -0.3 is 10.5 Å². The highest BCUT2D eigenvalue weighted by atomic mass is 79.9. The summed E-state index contributed by atoms with van der Waals surface area (Å²) in [6.07, 6.45) is 2.32. The Bertz CT molecular complexity index is 326. The molecule has 0 radical (unpaired) electrons. The predicted octanol–water partition coefficient (Wildman–Crippen LogP) is 3.72. The minimum Gasteiger partial charge on any atom is -0.494 e. The summed E-state index contributed by atoms with van der Waals surface area (Å²) in [5.41, 5.74) is 6.69. The van der Waals surface area contributed by atoms with E-state index >= 15 is 0 Å². The van der Waals surface area contributed by atoms with Gasteiger partial charge in [-0.3, -0.25) is 0 Å². The number of benzene rings is 1. The van der Waals surface area contributed by atoms with Gasteiger partial charge in [-0.05, 0) is 36.5 Å². The third-order valence-electron chi connectivity index (χ3n) is 2.44. The molecule has 0 saturated carbocycles. The molecule has 0 aromatic heterocycles. The molecule has 0 atom stereocenters. The zero-order valence-electron chi connectivity index (χ0n) is 10.0. The third kappa shape index (κ3) is 4.54. The molecule has 0 amide bonds. The Balaban J connectivity index is 2.40. The number of ether oxygens (including phenoxy) is 1. The standard InChI is InChI=1S/C13H20BrNO/c1-10(2)4-3-7-16-12-6-5-11(9-15)13(14)8-12/h5-6,8,10H,3-4,7,9,15H2,1-2H3. The van der Waals surface area contributed by atoms with Crippen molar-refractivity contribution >= 4 is 15.9 Å². The Labute approximate surface area is 106 Å². The van der Waals surface area contributed by atoms with Crippen LogP contribution in [0, 0.1) is 5.92 Å². The van der Waals surface area contributed by atoms with Crippen molar-refractivity contribution in [3.8, 4) is 5.75 Å². The van der Waals surface area contributed by atoms with Crippen LogP contribution in [0.2, 0.25) is 0 Å². The van der Waals surface area contributed by atoms with Crippen LogP contribution in [0.1, 0.15) is 32.3 Å². The predicted molar refractivity (Wildman–Crippen MR) is 71.6 cm³/mol. The molecule has 0 heterocycles. The van der Waals surface area contributed by atoms with Gasteiger partial charge >= 0.3 is 0 Å². The van der Waals surface area contributed by atoms with Gasteiger partial charge in [0, 0.05) is 11.0 Å². The zero-order chi connectivity index (χ0) is 12.0. The smallest absolute Gasteiger partial charge is 0.120 e. The van der Waals surface area contributed by atoms with Crippen LogP contribution in [0.25, 0.3) is 0 Å². The summed E-state index contributed by atoms with van der Waals surface area (Å²) in [4.78, 5) is 0. The second kappa shape index (κ2) is 6.92. The maximum absolute atomic E-state index is 5.67. The molecule has 2 N–H and O–H groups in total. The molecule has 0 bridgehead atoms. The zero-order valence-corrected chi connectivity index (χ0v) is 11.6. The molecule has 2 nitrogen and oxygen atoms in total. The topological polar surface area (TPSA) is 35.2 Å². The molecule has 3 heteroatoms. The van der Waals surface area contributed by atoms with Crippen molar-refractivity contribution in [2.45, 2.75) is 33.2 Å². The van der Waals surface area contributed by atoms with Gasteiger partial charge in [-0.15, -0.1) is 0 Å². The largest absolute Gasteiger partial charge is 0.494 e. The minimum atomic E-state index is 0.550. The Morgan fingerprint density at radius 3 is 2.69 bits per heavy atom. The molecule has 0 unspecified atom stereocenters. The van der Waals surface area contributed by atoms with Crippen molar-refractivity contribution in [1.29, 1.82) is 0 Å². The van der Waals surface area contributed by atoms with E-state index in [0.717, 1.165) is 34.7 Å². The fourth-order valence-corrected chi connectivity index (χ4v) is 1.98. The van der Waals surface area contributed by atoms with Crippen molar-refractivity contribution in [2.24, 2.45) is 11.7 Å². The van der Waals surface area contributed by atoms with Crippen LogP contribution in [-0.4, -0.2) is 6.61 Å². The van der Waals surface area contributed by atoms with Crippen LogP contribution in [0.3, 0.4) is 0 Å². The van der Waals surface area contributed by atoms with Gasteiger partial charge in [0.1, 0.15) is 5.75 Å².